The zero-order chi connectivity index (χ0) is 13.1. The summed E-state index contributed by atoms with van der Waals surface area (Å²) in [6, 6.07) is 2.61. The van der Waals surface area contributed by atoms with Gasteiger partial charge in [0.05, 0.1) is 18.1 Å². The van der Waals surface area contributed by atoms with E-state index in [1.165, 1.54) is 19.2 Å². The monoisotopic (exact) mass is 288 g/mol. The van der Waals surface area contributed by atoms with Crippen molar-refractivity contribution in [2.24, 2.45) is 0 Å². The average molecular weight is 289 g/mol. The van der Waals surface area contributed by atoms with Crippen molar-refractivity contribution < 1.29 is 14.8 Å². The highest BCUT2D eigenvalue weighted by molar-refractivity contribution is 5.85. The van der Waals surface area contributed by atoms with Crippen LogP contribution in [0.1, 0.15) is 30.9 Å². The van der Waals surface area contributed by atoms with Crippen LogP contribution in [-0.4, -0.2) is 23.7 Å². The van der Waals surface area contributed by atoms with Crippen LogP contribution in [0.2, 0.25) is 0 Å². The fourth-order valence-corrected chi connectivity index (χ4v) is 2.26. The van der Waals surface area contributed by atoms with Crippen LogP contribution >= 0.6 is 12.4 Å². The molecule has 19 heavy (non-hydrogen) atoms. The highest BCUT2D eigenvalue weighted by Gasteiger charge is 2.24. The lowest BCUT2D eigenvalue weighted by molar-refractivity contribution is -0.385. The first-order valence-corrected chi connectivity index (χ1v) is 5.92. The molecule has 1 aromatic rings. The highest BCUT2D eigenvalue weighted by atomic mass is 35.5. The predicted molar refractivity (Wildman–Crippen MR) is 73.2 cm³/mol. The Balaban J connectivity index is 0.00000180. The molecule has 1 saturated heterocycles. The molecular formula is C12H17ClN2O4. The number of piperidine rings is 1. The van der Waals surface area contributed by atoms with E-state index in [4.69, 9.17) is 4.74 Å². The molecule has 0 unspecified atom stereocenters. The molecule has 7 heteroatoms. The van der Waals surface area contributed by atoms with Gasteiger partial charge >= 0.3 is 0 Å². The average Bonchev–Trinajstić information content (AvgIpc) is 2.39. The normalized spacial score (nSPS) is 18.5. The van der Waals surface area contributed by atoms with E-state index in [0.29, 0.717) is 5.56 Å². The van der Waals surface area contributed by atoms with Gasteiger partial charge in [-0.25, -0.2) is 0 Å². The SMILES string of the molecule is COc1cc([N+](=O)[O-])cc([C@H]2CCCCN2)c1O.Cl. The molecule has 0 spiro atoms. The number of nitrogens with zero attached hydrogens (tertiary/aromatic N) is 1. The van der Waals surface area contributed by atoms with E-state index in [9.17, 15) is 15.2 Å². The van der Waals surface area contributed by atoms with Gasteiger partial charge in [-0.15, -0.1) is 12.4 Å². The number of hydrogen-bond acceptors (Lipinski definition) is 5. The Morgan fingerprint density at radius 3 is 2.74 bits per heavy atom. The highest BCUT2D eigenvalue weighted by Crippen LogP contribution is 2.39. The fourth-order valence-electron chi connectivity index (χ4n) is 2.26. The Morgan fingerprint density at radius 1 is 1.47 bits per heavy atom. The third-order valence-electron chi connectivity index (χ3n) is 3.21. The van der Waals surface area contributed by atoms with Crippen molar-refractivity contribution in [3.63, 3.8) is 0 Å². The molecule has 1 fully saturated rings. The van der Waals surface area contributed by atoms with Crippen LogP contribution in [0.3, 0.4) is 0 Å². The zero-order valence-corrected chi connectivity index (χ0v) is 11.4. The molecule has 0 amide bonds. The molecule has 0 saturated carbocycles. The van der Waals surface area contributed by atoms with Crippen LogP contribution in [0.25, 0.3) is 0 Å². The van der Waals surface area contributed by atoms with Crippen molar-refractivity contribution in [3.05, 3.63) is 27.8 Å². The second kappa shape index (κ2) is 6.58. The molecule has 106 valence electrons. The Labute approximate surface area is 117 Å². The van der Waals surface area contributed by atoms with Crippen molar-refractivity contribution in [2.75, 3.05) is 13.7 Å². The second-order valence-electron chi connectivity index (χ2n) is 4.35. The third kappa shape index (κ3) is 3.27. The fraction of sp³-hybridized carbons (Fsp3) is 0.500. The van der Waals surface area contributed by atoms with Crippen molar-refractivity contribution >= 4 is 18.1 Å². The number of phenolic OH excluding ortho intramolecular Hbond substituents is 1. The molecule has 2 rings (SSSR count). The predicted octanol–water partition coefficient (Wildman–Crippen LogP) is 2.55. The summed E-state index contributed by atoms with van der Waals surface area (Å²) in [6.45, 7) is 0.856. The van der Waals surface area contributed by atoms with Gasteiger partial charge in [-0.2, -0.15) is 0 Å². The van der Waals surface area contributed by atoms with Crippen LogP contribution in [-0.2, 0) is 0 Å². The molecular weight excluding hydrogens is 272 g/mol. The lowest BCUT2D eigenvalue weighted by atomic mass is 9.96. The van der Waals surface area contributed by atoms with E-state index in [1.807, 2.05) is 0 Å². The zero-order valence-electron chi connectivity index (χ0n) is 10.6. The summed E-state index contributed by atoms with van der Waals surface area (Å²) in [5.41, 5.74) is 0.479. The quantitative estimate of drug-likeness (QED) is 0.659. The number of hydrogen-bond donors (Lipinski definition) is 2. The van der Waals surface area contributed by atoms with Gasteiger partial charge in [-0.05, 0) is 19.4 Å². The molecule has 0 bridgehead atoms. The number of benzene rings is 1. The molecule has 6 nitrogen and oxygen atoms in total. The lowest BCUT2D eigenvalue weighted by Gasteiger charge is -2.24. The van der Waals surface area contributed by atoms with Crippen molar-refractivity contribution in [3.8, 4) is 11.5 Å². The molecule has 0 radical (unpaired) electrons. The minimum Gasteiger partial charge on any atom is -0.504 e. The molecule has 0 aromatic heterocycles. The van der Waals surface area contributed by atoms with Gasteiger partial charge in [-0.1, -0.05) is 6.42 Å². The van der Waals surface area contributed by atoms with Crippen LogP contribution < -0.4 is 10.1 Å². The topological polar surface area (TPSA) is 84.6 Å². The first kappa shape index (κ1) is 15.5. The number of ether oxygens (including phenoxy) is 1. The van der Waals surface area contributed by atoms with Crippen molar-refractivity contribution in [2.45, 2.75) is 25.3 Å². The molecule has 1 aliphatic rings. The number of methoxy groups -OCH3 is 1. The third-order valence-corrected chi connectivity index (χ3v) is 3.21. The van der Waals surface area contributed by atoms with Gasteiger partial charge in [0.2, 0.25) is 0 Å². The Morgan fingerprint density at radius 2 is 2.21 bits per heavy atom. The second-order valence-corrected chi connectivity index (χ2v) is 4.35. The van der Waals surface area contributed by atoms with Gasteiger partial charge in [0, 0.05) is 17.7 Å². The van der Waals surface area contributed by atoms with Crippen LogP contribution in [0.5, 0.6) is 11.5 Å². The van der Waals surface area contributed by atoms with Crippen LogP contribution in [0.4, 0.5) is 5.69 Å². The maximum absolute atomic E-state index is 10.9. The Kier molecular flexibility index (Phi) is 5.38. The summed E-state index contributed by atoms with van der Waals surface area (Å²) in [4.78, 5) is 10.4. The maximum atomic E-state index is 10.9. The summed E-state index contributed by atoms with van der Waals surface area (Å²) in [7, 11) is 1.39. The summed E-state index contributed by atoms with van der Waals surface area (Å²) in [6.07, 6.45) is 2.99. The number of nitro benzene ring substituents is 1. The number of nitro groups is 1. The van der Waals surface area contributed by atoms with Crippen LogP contribution in [0.15, 0.2) is 12.1 Å². The number of rotatable bonds is 3. The molecule has 1 aliphatic heterocycles. The van der Waals surface area contributed by atoms with Crippen molar-refractivity contribution in [1.29, 1.82) is 0 Å². The first-order valence-electron chi connectivity index (χ1n) is 5.92. The Bertz CT molecular complexity index is 461. The lowest BCUT2D eigenvalue weighted by Crippen LogP contribution is -2.26. The van der Waals surface area contributed by atoms with E-state index in [2.05, 4.69) is 5.32 Å². The van der Waals surface area contributed by atoms with Gasteiger partial charge < -0.3 is 15.2 Å². The van der Waals surface area contributed by atoms with E-state index >= 15 is 0 Å². The minimum atomic E-state index is -0.478. The van der Waals surface area contributed by atoms with E-state index in [-0.39, 0.29) is 35.6 Å². The van der Waals surface area contributed by atoms with Crippen molar-refractivity contribution in [1.82, 2.24) is 5.32 Å². The standard InChI is InChI=1S/C12H16N2O4.ClH/c1-18-11-7-8(14(16)17)6-9(12(11)15)10-4-2-3-5-13-10;/h6-7,10,13,15H,2-5H2,1H3;1H/t10-;/m1./s1. The van der Waals surface area contributed by atoms with Gasteiger partial charge in [0.25, 0.3) is 5.69 Å². The number of non-ortho nitro benzene ring substituents is 1. The minimum absolute atomic E-state index is 0. The largest absolute Gasteiger partial charge is 0.504 e. The first-order chi connectivity index (χ1) is 8.63. The number of phenols is 1. The smallest absolute Gasteiger partial charge is 0.273 e. The number of halogens is 1. The molecule has 1 atom stereocenters. The molecule has 0 aliphatic carbocycles. The van der Waals surface area contributed by atoms with E-state index < -0.39 is 4.92 Å². The number of nitrogens with one attached hydrogen (secondary N) is 1. The van der Waals surface area contributed by atoms with Crippen LogP contribution in [0, 0.1) is 10.1 Å². The molecule has 2 N–H and O–H groups in total. The van der Waals surface area contributed by atoms with Gasteiger partial charge in [0.1, 0.15) is 0 Å². The maximum Gasteiger partial charge on any atom is 0.273 e. The molecule has 1 aromatic carbocycles. The summed E-state index contributed by atoms with van der Waals surface area (Å²) in [5.74, 6) is 0.133. The van der Waals surface area contributed by atoms with Gasteiger partial charge in [-0.3, -0.25) is 10.1 Å². The number of aromatic hydroxyl groups is 1. The molecule has 1 heterocycles. The van der Waals surface area contributed by atoms with E-state index in [1.54, 1.807) is 0 Å². The van der Waals surface area contributed by atoms with E-state index in [0.717, 1.165) is 25.8 Å². The van der Waals surface area contributed by atoms with Gasteiger partial charge in [0.15, 0.2) is 11.5 Å². The summed E-state index contributed by atoms with van der Waals surface area (Å²) in [5, 5.41) is 24.2. The summed E-state index contributed by atoms with van der Waals surface area (Å²) >= 11 is 0. The summed E-state index contributed by atoms with van der Waals surface area (Å²) < 4.78 is 4.99. The Hall–Kier alpha value is -1.53.